The number of nitrogens with zero attached hydrogens (tertiary/aromatic N) is 1. The molecule has 1 heterocycles. The molecule has 0 aromatic heterocycles. The minimum Gasteiger partial charge on any atom is -0.465 e. The molecule has 1 amide bonds. The summed E-state index contributed by atoms with van der Waals surface area (Å²) in [4.78, 5) is 14.0. The Labute approximate surface area is 206 Å². The number of carbonyl (C=O) groups is 1. The highest BCUT2D eigenvalue weighted by Gasteiger charge is 2.65. The van der Waals surface area contributed by atoms with Crippen molar-refractivity contribution in [1.82, 2.24) is 4.90 Å². The maximum Gasteiger partial charge on any atom is 0.407 e. The lowest BCUT2D eigenvalue weighted by atomic mass is 9.73. The van der Waals surface area contributed by atoms with Gasteiger partial charge in [0.05, 0.1) is 0 Å². The SMILES string of the molecule is CC(C)(C)[C@@]12C[C@@H]1C[C@@H](CCO[Si](c1ccccc1)(c1ccccc1)C(C)(C)C)N(C(=O)O)C2. The van der Waals surface area contributed by atoms with Gasteiger partial charge in [-0.25, -0.2) is 4.79 Å². The zero-order chi connectivity index (χ0) is 24.8. The number of hydrogen-bond donors (Lipinski definition) is 1. The molecular formula is C29H41NO3Si. The van der Waals surface area contributed by atoms with E-state index in [-0.39, 0.29) is 21.9 Å². The highest BCUT2D eigenvalue weighted by atomic mass is 28.4. The largest absolute Gasteiger partial charge is 0.465 e. The molecule has 0 unspecified atom stereocenters. The molecule has 0 spiro atoms. The second kappa shape index (κ2) is 8.83. The van der Waals surface area contributed by atoms with E-state index in [1.807, 2.05) is 0 Å². The van der Waals surface area contributed by atoms with Crippen LogP contribution in [0.5, 0.6) is 0 Å². The number of rotatable bonds is 6. The van der Waals surface area contributed by atoms with Gasteiger partial charge in [0.25, 0.3) is 8.32 Å². The van der Waals surface area contributed by atoms with Crippen LogP contribution in [0.1, 0.15) is 60.8 Å². The van der Waals surface area contributed by atoms with Crippen molar-refractivity contribution in [2.75, 3.05) is 13.2 Å². The number of fused-ring (bicyclic) bond motifs is 1. The average molecular weight is 480 g/mol. The average Bonchev–Trinajstić information content (AvgIpc) is 3.51. The minimum absolute atomic E-state index is 0.0266. The lowest BCUT2D eigenvalue weighted by Gasteiger charge is -2.45. The van der Waals surface area contributed by atoms with Crippen molar-refractivity contribution >= 4 is 24.8 Å². The van der Waals surface area contributed by atoms with E-state index in [9.17, 15) is 9.90 Å². The van der Waals surface area contributed by atoms with Crippen LogP contribution < -0.4 is 10.4 Å². The van der Waals surface area contributed by atoms with Gasteiger partial charge in [-0.3, -0.25) is 0 Å². The zero-order valence-corrected chi connectivity index (χ0v) is 22.7. The van der Waals surface area contributed by atoms with Crippen LogP contribution in [0, 0.1) is 16.7 Å². The van der Waals surface area contributed by atoms with Crippen LogP contribution in [-0.4, -0.2) is 43.6 Å². The summed E-state index contributed by atoms with van der Waals surface area (Å²) in [5, 5.41) is 12.5. The fraction of sp³-hybridized carbons (Fsp3) is 0.552. The third-order valence-corrected chi connectivity index (χ3v) is 13.6. The number of likely N-dealkylation sites (tertiary alicyclic amines) is 1. The van der Waals surface area contributed by atoms with Crippen molar-refractivity contribution in [1.29, 1.82) is 0 Å². The maximum absolute atomic E-state index is 12.3. The van der Waals surface area contributed by atoms with Crippen LogP contribution in [-0.2, 0) is 4.43 Å². The van der Waals surface area contributed by atoms with E-state index in [1.54, 1.807) is 4.90 Å². The molecule has 2 aromatic rings. The Kier molecular flexibility index (Phi) is 6.49. The van der Waals surface area contributed by atoms with Crippen molar-refractivity contribution in [3.8, 4) is 0 Å². The van der Waals surface area contributed by atoms with Gasteiger partial charge in [0.2, 0.25) is 0 Å². The fourth-order valence-corrected chi connectivity index (χ4v) is 11.1. The van der Waals surface area contributed by atoms with Gasteiger partial charge in [-0.1, -0.05) is 102 Å². The molecule has 34 heavy (non-hydrogen) atoms. The minimum atomic E-state index is -2.60. The molecule has 1 N–H and O–H groups in total. The molecule has 2 aliphatic rings. The molecular weight excluding hydrogens is 438 g/mol. The Balaban J connectivity index is 1.59. The summed E-state index contributed by atoms with van der Waals surface area (Å²) >= 11 is 0. The summed E-state index contributed by atoms with van der Waals surface area (Å²) in [6.45, 7) is 14.9. The maximum atomic E-state index is 12.3. The van der Waals surface area contributed by atoms with E-state index in [2.05, 4.69) is 102 Å². The first-order chi connectivity index (χ1) is 15.9. The van der Waals surface area contributed by atoms with Crippen LogP contribution in [0.25, 0.3) is 0 Å². The van der Waals surface area contributed by atoms with Crippen molar-refractivity contribution in [2.24, 2.45) is 16.7 Å². The Morgan fingerprint density at radius 2 is 1.53 bits per heavy atom. The Hall–Kier alpha value is -2.11. The van der Waals surface area contributed by atoms with E-state index < -0.39 is 14.4 Å². The third-order valence-electron chi connectivity index (χ3n) is 8.61. The summed E-state index contributed by atoms with van der Waals surface area (Å²) in [7, 11) is -2.60. The van der Waals surface area contributed by atoms with Gasteiger partial charge in [0, 0.05) is 19.2 Å². The summed E-state index contributed by atoms with van der Waals surface area (Å²) in [6.07, 6.45) is 2.05. The highest BCUT2D eigenvalue weighted by molar-refractivity contribution is 6.99. The van der Waals surface area contributed by atoms with E-state index in [4.69, 9.17) is 4.43 Å². The second-order valence-electron chi connectivity index (χ2n) is 12.4. The first-order valence-electron chi connectivity index (χ1n) is 12.7. The molecule has 5 heteroatoms. The van der Waals surface area contributed by atoms with Crippen LogP contribution in [0.4, 0.5) is 4.79 Å². The quantitative estimate of drug-likeness (QED) is 0.536. The third kappa shape index (κ3) is 4.22. The standard InChI is InChI=1S/C29H41NO3Si/c1-27(2,3)29-20-22(29)19-23(30(21-29)26(31)32)17-18-33-34(28(4,5)6,24-13-9-7-10-14-24)25-15-11-8-12-16-25/h7-16,22-23H,17-21H2,1-6H3,(H,31,32)/t22-,23+,29+/m0/s1. The van der Waals surface area contributed by atoms with Crippen LogP contribution in [0.15, 0.2) is 60.7 Å². The van der Waals surface area contributed by atoms with Crippen LogP contribution in [0.3, 0.4) is 0 Å². The molecule has 1 saturated carbocycles. The fourth-order valence-electron chi connectivity index (χ4n) is 6.53. The van der Waals surface area contributed by atoms with Gasteiger partial charge in [0.15, 0.2) is 0 Å². The van der Waals surface area contributed by atoms with Gasteiger partial charge >= 0.3 is 6.09 Å². The van der Waals surface area contributed by atoms with Crippen molar-refractivity contribution in [2.45, 2.75) is 71.9 Å². The number of hydrogen-bond acceptors (Lipinski definition) is 2. The van der Waals surface area contributed by atoms with E-state index in [0.29, 0.717) is 19.1 Å². The number of carboxylic acid groups (broad SMARTS) is 1. The van der Waals surface area contributed by atoms with E-state index >= 15 is 0 Å². The van der Waals surface area contributed by atoms with E-state index in [1.165, 1.54) is 10.4 Å². The molecule has 0 radical (unpaired) electrons. The normalized spacial score (nSPS) is 25.1. The van der Waals surface area contributed by atoms with Crippen molar-refractivity contribution in [3.05, 3.63) is 60.7 Å². The second-order valence-corrected chi connectivity index (χ2v) is 16.7. The lowest BCUT2D eigenvalue weighted by Crippen LogP contribution is -2.66. The molecule has 1 aliphatic carbocycles. The topological polar surface area (TPSA) is 49.8 Å². The van der Waals surface area contributed by atoms with Crippen LogP contribution in [0.2, 0.25) is 5.04 Å². The lowest BCUT2D eigenvalue weighted by molar-refractivity contribution is 0.0359. The summed E-state index contributed by atoms with van der Waals surface area (Å²) in [5.74, 6) is 0.626. The predicted octanol–water partition coefficient (Wildman–Crippen LogP) is 5.76. The molecule has 2 aromatic carbocycles. The molecule has 184 valence electrons. The van der Waals surface area contributed by atoms with Gasteiger partial charge in [-0.05, 0) is 51.4 Å². The first kappa shape index (κ1) is 25.0. The van der Waals surface area contributed by atoms with Gasteiger partial charge < -0.3 is 14.4 Å². The summed E-state index contributed by atoms with van der Waals surface area (Å²) < 4.78 is 7.06. The van der Waals surface area contributed by atoms with Gasteiger partial charge in [0.1, 0.15) is 0 Å². The molecule has 1 aliphatic heterocycles. The summed E-state index contributed by atoms with van der Waals surface area (Å²) in [5.41, 5.74) is 0.266. The van der Waals surface area contributed by atoms with Crippen molar-refractivity contribution < 1.29 is 14.3 Å². The molecule has 4 rings (SSSR count). The van der Waals surface area contributed by atoms with Gasteiger partial charge in [-0.15, -0.1) is 0 Å². The Bertz CT molecular complexity index is 956. The predicted molar refractivity (Wildman–Crippen MR) is 141 cm³/mol. The number of piperidine rings is 1. The monoisotopic (exact) mass is 479 g/mol. The first-order valence-corrected chi connectivity index (χ1v) is 14.6. The Morgan fingerprint density at radius 3 is 1.97 bits per heavy atom. The van der Waals surface area contributed by atoms with Gasteiger partial charge in [-0.2, -0.15) is 0 Å². The summed E-state index contributed by atoms with van der Waals surface area (Å²) in [6, 6.07) is 21.4. The molecule has 2 fully saturated rings. The van der Waals surface area contributed by atoms with E-state index in [0.717, 1.165) is 19.3 Å². The number of benzene rings is 2. The molecule has 3 atom stereocenters. The number of amides is 1. The molecule has 1 saturated heterocycles. The zero-order valence-electron chi connectivity index (χ0n) is 21.7. The van der Waals surface area contributed by atoms with Crippen LogP contribution >= 0.6 is 0 Å². The molecule has 4 nitrogen and oxygen atoms in total. The smallest absolute Gasteiger partial charge is 0.407 e. The Morgan fingerprint density at radius 1 is 1.00 bits per heavy atom. The highest BCUT2D eigenvalue weighted by Crippen LogP contribution is 2.67. The van der Waals surface area contributed by atoms with Crippen molar-refractivity contribution in [3.63, 3.8) is 0 Å². The molecule has 0 bridgehead atoms.